The molecule has 0 spiro atoms. The number of carbonyl (C=O) groups excluding carboxylic acids is 1. The van der Waals surface area contributed by atoms with Gasteiger partial charge in [0.25, 0.3) is 0 Å². The molecule has 4 N–H and O–H groups in total. The summed E-state index contributed by atoms with van der Waals surface area (Å²) in [6, 6.07) is 13.1. The fourth-order valence-electron chi connectivity index (χ4n) is 2.24. The third-order valence-electron chi connectivity index (χ3n) is 3.42. The summed E-state index contributed by atoms with van der Waals surface area (Å²) in [5.74, 6) is -0.379. The predicted octanol–water partition coefficient (Wildman–Crippen LogP) is 2.37. The second-order valence-corrected chi connectivity index (χ2v) is 13.7. The van der Waals surface area contributed by atoms with Gasteiger partial charge in [-0.15, -0.1) is 11.3 Å². The predicted molar refractivity (Wildman–Crippen MR) is 124 cm³/mol. The molecule has 0 fully saturated rings. The number of hydrogen-bond donors (Lipinski definition) is 4. The molecule has 0 radical (unpaired) electrons. The number of nitrogens with zero attached hydrogens (tertiary/aromatic N) is 1. The van der Waals surface area contributed by atoms with Crippen LogP contribution in [0.15, 0.2) is 69.3 Å². The van der Waals surface area contributed by atoms with E-state index in [1.165, 1.54) is 25.1 Å². The molecule has 1 heterocycles. The SMILES string of the molecule is CC(=O)Nc1ccccc1[As](=O)(O)OO.CS(=O)(=O)Nc1ccc(Sc2cncs2)cc1. The number of anilines is 2. The number of thiazole rings is 1. The standard InChI is InChI=1S/C10H10N2O2S3.C8H10AsNO5/c1-17(13,14)12-8-2-4-9(5-3-8)16-10-6-11-7-15-10;1-6(11)10-8-5-3-2-4-7(8)9(12,13)15-14/h2-7,12H,1H3;2-5,14H,1H3,(H,10,11)(H,12,13). The molecule has 1 unspecified atom stereocenters. The van der Waals surface area contributed by atoms with Gasteiger partial charge in [-0.3, -0.25) is 9.71 Å². The molecule has 0 saturated carbocycles. The van der Waals surface area contributed by atoms with Gasteiger partial charge in [0.1, 0.15) is 0 Å². The van der Waals surface area contributed by atoms with Crippen molar-refractivity contribution in [2.75, 3.05) is 16.3 Å². The molecule has 172 valence electrons. The Balaban J connectivity index is 0.000000229. The zero-order valence-electron chi connectivity index (χ0n) is 16.8. The molecular formula is C18H20AsN3O7S3. The first-order chi connectivity index (χ1) is 15.0. The van der Waals surface area contributed by atoms with Crippen LogP contribution in [-0.4, -0.2) is 49.1 Å². The van der Waals surface area contributed by atoms with Crippen molar-refractivity contribution in [3.05, 3.63) is 60.2 Å². The van der Waals surface area contributed by atoms with E-state index in [-0.39, 0.29) is 15.9 Å². The first-order valence-electron chi connectivity index (χ1n) is 8.67. The first kappa shape index (κ1) is 26.1. The monoisotopic (exact) mass is 561 g/mol. The number of benzene rings is 2. The van der Waals surface area contributed by atoms with Crippen molar-refractivity contribution in [2.45, 2.75) is 16.0 Å². The summed E-state index contributed by atoms with van der Waals surface area (Å²) >= 11 is -1.75. The van der Waals surface area contributed by atoms with E-state index in [1.54, 1.807) is 53.0 Å². The molecule has 1 aromatic heterocycles. The molecule has 0 aliphatic rings. The number of hydrogen-bond acceptors (Lipinski definition) is 9. The molecule has 32 heavy (non-hydrogen) atoms. The third-order valence-corrected chi connectivity index (χ3v) is 8.50. The molecular weight excluding hydrogens is 541 g/mol. The van der Waals surface area contributed by atoms with Crippen molar-refractivity contribution < 1.29 is 30.2 Å². The first-order valence-corrected chi connectivity index (χ1v) is 15.6. The average molecular weight is 561 g/mol. The number of sulfonamides is 1. The van der Waals surface area contributed by atoms with Crippen molar-refractivity contribution in [1.29, 1.82) is 0 Å². The maximum Gasteiger partial charge on any atom is 0.229 e. The zero-order valence-corrected chi connectivity index (χ0v) is 21.2. The van der Waals surface area contributed by atoms with Crippen LogP contribution in [0.25, 0.3) is 0 Å². The van der Waals surface area contributed by atoms with E-state index in [0.717, 1.165) is 15.4 Å². The normalized spacial score (nSPS) is 12.8. The molecule has 0 aliphatic heterocycles. The van der Waals surface area contributed by atoms with E-state index in [2.05, 4.69) is 18.9 Å². The van der Waals surface area contributed by atoms with Crippen LogP contribution >= 0.6 is 23.1 Å². The summed E-state index contributed by atoms with van der Waals surface area (Å²) < 4.78 is 49.7. The van der Waals surface area contributed by atoms with E-state index < -0.39 is 24.2 Å². The maximum atomic E-state index is 11.4. The zero-order chi connectivity index (χ0) is 23.8. The molecule has 0 saturated heterocycles. The van der Waals surface area contributed by atoms with Gasteiger partial charge in [0.15, 0.2) is 0 Å². The van der Waals surface area contributed by atoms with E-state index in [9.17, 15) is 21.0 Å². The van der Waals surface area contributed by atoms with Crippen LogP contribution in [0.2, 0.25) is 0 Å². The summed E-state index contributed by atoms with van der Waals surface area (Å²) in [6.45, 7) is 1.27. The molecule has 3 aromatic rings. The van der Waals surface area contributed by atoms with E-state index in [1.807, 2.05) is 12.1 Å². The Morgan fingerprint density at radius 3 is 2.38 bits per heavy atom. The number of nitrogens with one attached hydrogen (secondary N) is 2. The van der Waals surface area contributed by atoms with Crippen LogP contribution in [0, 0.1) is 0 Å². The number of amides is 1. The minimum Gasteiger partial charge on any atom is -0.284 e. The molecule has 14 heteroatoms. The van der Waals surface area contributed by atoms with Crippen LogP contribution in [0.5, 0.6) is 0 Å². The van der Waals surface area contributed by atoms with Gasteiger partial charge in [0.05, 0.1) is 22.2 Å². The summed E-state index contributed by atoms with van der Waals surface area (Å²) in [5.41, 5.74) is 2.51. The largest absolute Gasteiger partial charge is 0.284 e. The number of para-hydroxylation sites is 1. The van der Waals surface area contributed by atoms with Crippen molar-refractivity contribution in [2.24, 2.45) is 0 Å². The molecule has 10 nitrogen and oxygen atoms in total. The van der Waals surface area contributed by atoms with Gasteiger partial charge in [-0.05, 0) is 24.3 Å². The van der Waals surface area contributed by atoms with Crippen LogP contribution in [0.3, 0.4) is 0 Å². The maximum absolute atomic E-state index is 11.4. The molecule has 0 bridgehead atoms. The smallest absolute Gasteiger partial charge is 0.229 e. The quantitative estimate of drug-likeness (QED) is 0.193. The summed E-state index contributed by atoms with van der Waals surface area (Å²) in [5, 5.41) is 10.7. The van der Waals surface area contributed by atoms with Crippen LogP contribution in [0.4, 0.5) is 11.4 Å². The van der Waals surface area contributed by atoms with Crippen LogP contribution in [-0.2, 0) is 22.4 Å². The number of rotatable bonds is 7. The number of aromatic nitrogens is 1. The van der Waals surface area contributed by atoms with Crippen molar-refractivity contribution in [3.8, 4) is 0 Å². The topological polar surface area (TPSA) is 155 Å². The van der Waals surface area contributed by atoms with Gasteiger partial charge in [0.2, 0.25) is 10.0 Å². The molecule has 0 aliphatic carbocycles. The van der Waals surface area contributed by atoms with Gasteiger partial charge in [0, 0.05) is 10.6 Å². The second-order valence-electron chi connectivity index (χ2n) is 6.12. The Labute approximate surface area is 196 Å². The van der Waals surface area contributed by atoms with E-state index in [4.69, 9.17) is 5.26 Å². The minimum atomic E-state index is -4.92. The van der Waals surface area contributed by atoms with Gasteiger partial charge < -0.3 is 0 Å². The third kappa shape index (κ3) is 8.79. The Hall–Kier alpha value is -2.12. The van der Waals surface area contributed by atoms with Crippen LogP contribution in [0.1, 0.15) is 6.92 Å². The van der Waals surface area contributed by atoms with Gasteiger partial charge in [-0.25, -0.2) is 8.42 Å². The average Bonchev–Trinajstić information content (AvgIpc) is 3.22. The number of carbonyl (C=O) groups is 1. The molecule has 1 amide bonds. The Morgan fingerprint density at radius 1 is 1.19 bits per heavy atom. The molecule has 3 rings (SSSR count). The van der Waals surface area contributed by atoms with Crippen molar-refractivity contribution in [1.82, 2.24) is 4.98 Å². The van der Waals surface area contributed by atoms with Crippen molar-refractivity contribution >= 4 is 68.9 Å². The fraction of sp³-hybridized carbons (Fsp3) is 0.111. The minimum absolute atomic E-state index is 0.103. The Kier molecular flexibility index (Phi) is 9.52. The van der Waals surface area contributed by atoms with Crippen molar-refractivity contribution in [3.63, 3.8) is 0 Å². The Morgan fingerprint density at radius 2 is 1.84 bits per heavy atom. The van der Waals surface area contributed by atoms with Gasteiger partial charge in [-0.1, -0.05) is 11.8 Å². The van der Waals surface area contributed by atoms with Gasteiger partial charge >= 0.3 is 88.4 Å². The summed E-state index contributed by atoms with van der Waals surface area (Å²) in [4.78, 5) is 15.8. The molecule has 1 atom stereocenters. The molecule has 2 aromatic carbocycles. The van der Waals surface area contributed by atoms with Gasteiger partial charge in [-0.2, -0.15) is 0 Å². The summed E-state index contributed by atoms with van der Waals surface area (Å²) in [6.07, 6.45) is 2.94. The second kappa shape index (κ2) is 11.7. The van der Waals surface area contributed by atoms with E-state index in [0.29, 0.717) is 5.69 Å². The Bertz CT molecular complexity index is 1190. The van der Waals surface area contributed by atoms with Crippen LogP contribution < -0.4 is 14.4 Å². The summed E-state index contributed by atoms with van der Waals surface area (Å²) in [7, 11) is -3.20. The fourth-order valence-corrected chi connectivity index (χ4v) is 6.05. The van der Waals surface area contributed by atoms with E-state index >= 15 is 0 Å².